The molecule has 2 aromatic heterocycles. The van der Waals surface area contributed by atoms with Crippen LogP contribution in [0.5, 0.6) is 17.2 Å². The maximum Gasteiger partial charge on any atom is 0.526 e. The second-order valence-electron chi connectivity index (χ2n) is 12.5. The van der Waals surface area contributed by atoms with Gasteiger partial charge in [0.2, 0.25) is 6.33 Å². The SMILES string of the molecule is Cc1cccc(C)c1B1Oc2cccnc2N1c1cc(Oc2cccc(-n3[c-][n+](C)c4ccccc43)c2)cc(C(C)(C)C)c1. The van der Waals surface area contributed by atoms with E-state index in [0.29, 0.717) is 0 Å². The minimum atomic E-state index is -0.356. The highest BCUT2D eigenvalue weighted by Gasteiger charge is 2.42. The van der Waals surface area contributed by atoms with Crippen molar-refractivity contribution in [2.75, 3.05) is 4.81 Å². The fourth-order valence-electron chi connectivity index (χ4n) is 6.03. The summed E-state index contributed by atoms with van der Waals surface area (Å²) in [5, 5.41) is 0. The van der Waals surface area contributed by atoms with Crippen molar-refractivity contribution in [3.8, 4) is 22.9 Å². The molecule has 0 unspecified atom stereocenters. The van der Waals surface area contributed by atoms with Crippen molar-refractivity contribution >= 4 is 35.1 Å². The standard InChI is InChI=1S/C37H35BN4O2/c1-25-12-9-13-26(2)35(25)38-42(36-34(44-38)18-11-19-39-36)29-20-27(37(3,4)5)21-31(23-29)43-30-15-10-14-28(22-30)41-24-40(6)32-16-7-8-17-33(32)41/h7-23H,1-6H3. The first-order valence-electron chi connectivity index (χ1n) is 15.0. The first kappa shape index (κ1) is 27.8. The van der Waals surface area contributed by atoms with E-state index < -0.39 is 0 Å². The molecule has 0 saturated carbocycles. The van der Waals surface area contributed by atoms with Crippen LogP contribution in [0.25, 0.3) is 16.7 Å². The Morgan fingerprint density at radius 3 is 2.36 bits per heavy atom. The molecule has 1 aliphatic rings. The molecule has 218 valence electrons. The van der Waals surface area contributed by atoms with Gasteiger partial charge in [-0.05, 0) is 66.7 Å². The number of aromatic nitrogens is 3. The lowest BCUT2D eigenvalue weighted by molar-refractivity contribution is -0.649. The maximum atomic E-state index is 6.65. The van der Waals surface area contributed by atoms with Crippen molar-refractivity contribution in [3.05, 3.63) is 126 Å². The highest BCUT2D eigenvalue weighted by molar-refractivity contribution is 6.75. The minimum Gasteiger partial charge on any atom is -0.535 e. The first-order valence-corrected chi connectivity index (χ1v) is 15.0. The summed E-state index contributed by atoms with van der Waals surface area (Å²) >= 11 is 0. The molecule has 4 aromatic carbocycles. The van der Waals surface area contributed by atoms with Crippen LogP contribution in [-0.4, -0.2) is 16.6 Å². The number of para-hydroxylation sites is 2. The number of benzene rings is 4. The number of pyridine rings is 1. The molecule has 0 N–H and O–H groups in total. The van der Waals surface area contributed by atoms with Crippen LogP contribution >= 0.6 is 0 Å². The van der Waals surface area contributed by atoms with Gasteiger partial charge >= 0.3 is 7.05 Å². The van der Waals surface area contributed by atoms with E-state index in [-0.39, 0.29) is 12.5 Å². The molecule has 0 aliphatic carbocycles. The summed E-state index contributed by atoms with van der Waals surface area (Å²) in [6.45, 7) is 10.9. The molecule has 0 bridgehead atoms. The molecule has 0 spiro atoms. The van der Waals surface area contributed by atoms with E-state index in [2.05, 4.69) is 111 Å². The number of anilines is 2. The fraction of sp³-hybridized carbons (Fsp3) is 0.189. The summed E-state index contributed by atoms with van der Waals surface area (Å²) in [5.41, 5.74) is 8.67. The summed E-state index contributed by atoms with van der Waals surface area (Å²) in [7, 11) is 1.66. The summed E-state index contributed by atoms with van der Waals surface area (Å²) in [6, 6.07) is 33.2. The number of hydrogen-bond donors (Lipinski definition) is 0. The first-order chi connectivity index (χ1) is 21.2. The molecule has 7 heteroatoms. The van der Waals surface area contributed by atoms with Gasteiger partial charge in [-0.25, -0.2) is 4.98 Å². The van der Waals surface area contributed by atoms with Crippen LogP contribution in [0.3, 0.4) is 0 Å². The second kappa shape index (κ2) is 10.6. The van der Waals surface area contributed by atoms with E-state index in [0.717, 1.165) is 56.5 Å². The second-order valence-corrected chi connectivity index (χ2v) is 12.5. The summed E-state index contributed by atoms with van der Waals surface area (Å²) in [4.78, 5) is 6.98. The zero-order valence-electron chi connectivity index (χ0n) is 26.0. The van der Waals surface area contributed by atoms with Gasteiger partial charge in [-0.2, -0.15) is 0 Å². The zero-order valence-corrected chi connectivity index (χ0v) is 26.0. The number of hydrogen-bond acceptors (Lipinski definition) is 4. The summed E-state index contributed by atoms with van der Waals surface area (Å²) in [6.07, 6.45) is 5.24. The number of imidazole rings is 1. The monoisotopic (exact) mass is 578 g/mol. The topological polar surface area (TPSA) is 43.4 Å². The predicted molar refractivity (Wildman–Crippen MR) is 177 cm³/mol. The number of fused-ring (bicyclic) bond motifs is 2. The van der Waals surface area contributed by atoms with Crippen LogP contribution in [-0.2, 0) is 12.5 Å². The van der Waals surface area contributed by atoms with Gasteiger partial charge < -0.3 is 23.3 Å². The average Bonchev–Trinajstić information content (AvgIpc) is 3.55. The van der Waals surface area contributed by atoms with Gasteiger partial charge in [-0.1, -0.05) is 86.5 Å². The third-order valence-corrected chi connectivity index (χ3v) is 8.32. The maximum absolute atomic E-state index is 6.65. The number of rotatable bonds is 5. The van der Waals surface area contributed by atoms with E-state index in [9.17, 15) is 0 Å². The van der Waals surface area contributed by atoms with Crippen molar-refractivity contribution in [2.45, 2.75) is 40.0 Å². The molecule has 0 atom stereocenters. The highest BCUT2D eigenvalue weighted by Crippen LogP contribution is 2.42. The van der Waals surface area contributed by atoms with Crippen molar-refractivity contribution < 1.29 is 14.0 Å². The van der Waals surface area contributed by atoms with Crippen LogP contribution in [0, 0.1) is 20.2 Å². The minimum absolute atomic E-state index is 0.120. The molecular weight excluding hydrogens is 543 g/mol. The molecule has 44 heavy (non-hydrogen) atoms. The largest absolute Gasteiger partial charge is 0.535 e. The van der Waals surface area contributed by atoms with Crippen LogP contribution in [0.2, 0.25) is 0 Å². The molecule has 1 aliphatic heterocycles. The Balaban J connectivity index is 1.33. The Morgan fingerprint density at radius 1 is 0.818 bits per heavy atom. The number of nitrogens with zero attached hydrogens (tertiary/aromatic N) is 4. The smallest absolute Gasteiger partial charge is 0.526 e. The Kier molecular flexibility index (Phi) is 6.69. The zero-order chi connectivity index (χ0) is 30.6. The van der Waals surface area contributed by atoms with Gasteiger partial charge in [-0.3, -0.25) is 0 Å². The van der Waals surface area contributed by atoms with Crippen LogP contribution < -0.4 is 24.2 Å². The van der Waals surface area contributed by atoms with E-state index in [1.165, 1.54) is 11.1 Å². The van der Waals surface area contributed by atoms with Crippen LogP contribution in [0.4, 0.5) is 11.5 Å². The van der Waals surface area contributed by atoms with E-state index >= 15 is 0 Å². The molecule has 0 amide bonds. The van der Waals surface area contributed by atoms with E-state index in [4.69, 9.17) is 14.4 Å². The van der Waals surface area contributed by atoms with E-state index in [1.807, 2.05) is 54.2 Å². The third-order valence-electron chi connectivity index (χ3n) is 8.32. The number of aryl methyl sites for hydroxylation is 3. The Labute approximate surface area is 259 Å². The quantitative estimate of drug-likeness (QED) is 0.123. The summed E-state index contributed by atoms with van der Waals surface area (Å²) in [5.74, 6) is 3.05. The molecule has 7 rings (SSSR count). The highest BCUT2D eigenvalue weighted by atomic mass is 16.5. The van der Waals surface area contributed by atoms with Crippen molar-refractivity contribution in [1.29, 1.82) is 0 Å². The van der Waals surface area contributed by atoms with Crippen molar-refractivity contribution in [3.63, 3.8) is 0 Å². The molecule has 0 radical (unpaired) electrons. The lowest BCUT2D eigenvalue weighted by atomic mass is 9.67. The predicted octanol–water partition coefficient (Wildman–Crippen LogP) is 7.28. The van der Waals surface area contributed by atoms with Crippen molar-refractivity contribution in [2.24, 2.45) is 7.05 Å². The normalized spacial score (nSPS) is 12.9. The Hall–Kier alpha value is -5.04. The van der Waals surface area contributed by atoms with Crippen LogP contribution in [0.1, 0.15) is 37.5 Å². The molecule has 6 aromatic rings. The Morgan fingerprint density at radius 2 is 1.57 bits per heavy atom. The molecular formula is C37H35BN4O2. The molecule has 0 fully saturated rings. The molecule has 0 saturated heterocycles. The van der Waals surface area contributed by atoms with E-state index in [1.54, 1.807) is 0 Å². The lowest BCUT2D eigenvalue weighted by Crippen LogP contribution is -2.49. The van der Waals surface area contributed by atoms with Gasteiger partial charge in [0.1, 0.15) is 17.2 Å². The van der Waals surface area contributed by atoms with Gasteiger partial charge in [-0.15, -0.1) is 0 Å². The van der Waals surface area contributed by atoms with Gasteiger partial charge in [0, 0.05) is 18.0 Å². The van der Waals surface area contributed by atoms with Crippen LogP contribution in [0.15, 0.2) is 103 Å². The molecule has 6 nitrogen and oxygen atoms in total. The Bertz CT molecular complexity index is 2010. The van der Waals surface area contributed by atoms with Gasteiger partial charge in [0.25, 0.3) is 0 Å². The van der Waals surface area contributed by atoms with Gasteiger partial charge in [0.15, 0.2) is 5.82 Å². The number of ether oxygens (including phenoxy) is 1. The fourth-order valence-corrected chi connectivity index (χ4v) is 6.03. The third kappa shape index (κ3) is 4.88. The summed E-state index contributed by atoms with van der Waals surface area (Å²) < 4.78 is 17.4. The average molecular weight is 579 g/mol. The van der Waals surface area contributed by atoms with Crippen molar-refractivity contribution in [1.82, 2.24) is 9.55 Å². The van der Waals surface area contributed by atoms with Gasteiger partial charge in [0.05, 0.1) is 23.8 Å². The lowest BCUT2D eigenvalue weighted by Gasteiger charge is -2.27. The molecule has 3 heterocycles.